The predicted octanol–water partition coefficient (Wildman–Crippen LogP) is 3.49. The summed E-state index contributed by atoms with van der Waals surface area (Å²) in [5, 5.41) is 9.42. The van der Waals surface area contributed by atoms with E-state index in [0.29, 0.717) is 18.6 Å². The summed E-state index contributed by atoms with van der Waals surface area (Å²) >= 11 is 0. The molecule has 4 rings (SSSR count). The van der Waals surface area contributed by atoms with Crippen molar-refractivity contribution >= 4 is 34.7 Å². The molecule has 3 aromatic rings. The van der Waals surface area contributed by atoms with Crippen molar-refractivity contribution in [1.29, 1.82) is 0 Å². The van der Waals surface area contributed by atoms with E-state index in [-0.39, 0.29) is 31.3 Å². The first-order chi connectivity index (χ1) is 21.0. The largest absolute Gasteiger partial charge is 0.495 e. The maximum absolute atomic E-state index is 14.1. The van der Waals surface area contributed by atoms with Crippen molar-refractivity contribution < 1.29 is 28.7 Å². The number of H-pyrrole nitrogens is 1. The number of nitrogens with two attached hydrogens (primary N) is 1. The third-order valence-electron chi connectivity index (χ3n) is 8.53. The standard InChI is InChI=1S/C33H43N5O6/c1-6-20(4)27(37-32(42)44-18-21-11-8-7-9-12-21)30(40)38-33(31(41)36-26(19(2)3)29(34)39)16-15-24-23(17-33)22-13-10-14-25(43-5)28(22)35-24/h7-14,19-20,26-27,35H,6,15-18H2,1-5H3,(H2,34,39)(H,36,41)(H,37,42)(H,38,40)/t20-,26-,27-,33+/m0/s1. The Balaban J connectivity index is 1.65. The number of carbonyl (C=O) groups excluding carboxylic acids is 4. The van der Waals surface area contributed by atoms with Crippen molar-refractivity contribution in [3.63, 3.8) is 0 Å². The van der Waals surface area contributed by atoms with Gasteiger partial charge in [-0.1, -0.05) is 76.6 Å². The highest BCUT2D eigenvalue weighted by molar-refractivity contribution is 5.98. The third kappa shape index (κ3) is 6.98. The maximum atomic E-state index is 14.1. The number of hydrogen-bond donors (Lipinski definition) is 5. The van der Waals surface area contributed by atoms with Gasteiger partial charge >= 0.3 is 6.09 Å². The van der Waals surface area contributed by atoms with Gasteiger partial charge in [0.05, 0.1) is 12.6 Å². The van der Waals surface area contributed by atoms with Crippen LogP contribution < -0.4 is 26.4 Å². The van der Waals surface area contributed by atoms with Crippen LogP contribution in [0.1, 0.15) is 57.4 Å². The van der Waals surface area contributed by atoms with Crippen molar-refractivity contribution in [1.82, 2.24) is 20.9 Å². The van der Waals surface area contributed by atoms with Crippen LogP contribution in [0.3, 0.4) is 0 Å². The Hall–Kier alpha value is -4.54. The monoisotopic (exact) mass is 605 g/mol. The summed E-state index contributed by atoms with van der Waals surface area (Å²) in [6.45, 7) is 7.38. The number of fused-ring (bicyclic) bond motifs is 3. The zero-order valence-corrected chi connectivity index (χ0v) is 26.0. The number of aromatic nitrogens is 1. The molecule has 4 amide bonds. The second-order valence-corrected chi connectivity index (χ2v) is 11.9. The van der Waals surface area contributed by atoms with Crippen molar-refractivity contribution in [2.75, 3.05) is 7.11 Å². The topological polar surface area (TPSA) is 165 Å². The van der Waals surface area contributed by atoms with Gasteiger partial charge in [-0.05, 0) is 41.9 Å². The lowest BCUT2D eigenvalue weighted by Gasteiger charge is -2.39. The number of rotatable bonds is 12. The molecule has 2 aromatic carbocycles. The summed E-state index contributed by atoms with van der Waals surface area (Å²) in [6.07, 6.45) is 0.699. The van der Waals surface area contributed by atoms with Crippen LogP contribution in [-0.2, 0) is 38.6 Å². The summed E-state index contributed by atoms with van der Waals surface area (Å²) in [7, 11) is 1.59. The Bertz CT molecular complexity index is 1500. The van der Waals surface area contributed by atoms with E-state index < -0.39 is 41.4 Å². The fourth-order valence-corrected chi connectivity index (χ4v) is 5.72. The van der Waals surface area contributed by atoms with Crippen molar-refractivity contribution in [3.05, 3.63) is 65.4 Å². The molecule has 0 fully saturated rings. The van der Waals surface area contributed by atoms with Gasteiger partial charge in [-0.15, -0.1) is 0 Å². The quantitative estimate of drug-likeness (QED) is 0.212. The molecule has 44 heavy (non-hydrogen) atoms. The van der Waals surface area contributed by atoms with Gasteiger partial charge in [0, 0.05) is 17.5 Å². The highest BCUT2D eigenvalue weighted by Crippen LogP contribution is 2.37. The van der Waals surface area contributed by atoms with Crippen LogP contribution in [0, 0.1) is 11.8 Å². The van der Waals surface area contributed by atoms with Crippen LogP contribution in [0.15, 0.2) is 48.5 Å². The van der Waals surface area contributed by atoms with Gasteiger partial charge in [-0.25, -0.2) is 4.79 Å². The minimum Gasteiger partial charge on any atom is -0.495 e. The van der Waals surface area contributed by atoms with Crippen LogP contribution in [0.4, 0.5) is 4.79 Å². The van der Waals surface area contributed by atoms with Gasteiger partial charge < -0.3 is 36.1 Å². The second kappa shape index (κ2) is 13.8. The molecule has 6 N–H and O–H groups in total. The highest BCUT2D eigenvalue weighted by atomic mass is 16.5. The fraction of sp³-hybridized carbons (Fsp3) is 0.455. The lowest BCUT2D eigenvalue weighted by molar-refractivity contribution is -0.137. The molecule has 0 spiro atoms. The SMILES string of the molecule is CC[C@H](C)[C@H](NC(=O)OCc1ccccc1)C(=O)N[C@]1(C(=O)N[C@H](C(N)=O)C(C)C)CCc2[nH]c3c(OC)cccc3c2C1. The summed E-state index contributed by atoms with van der Waals surface area (Å²) in [5.41, 5.74) is 7.64. The van der Waals surface area contributed by atoms with Crippen LogP contribution >= 0.6 is 0 Å². The summed E-state index contributed by atoms with van der Waals surface area (Å²) in [5.74, 6) is -1.57. The first-order valence-electron chi connectivity index (χ1n) is 15.1. The van der Waals surface area contributed by atoms with Gasteiger partial charge in [0.25, 0.3) is 0 Å². The number of benzene rings is 2. The molecule has 0 aliphatic heterocycles. The number of amides is 4. The number of alkyl carbamates (subject to hydrolysis) is 1. The van der Waals surface area contributed by atoms with Crippen molar-refractivity contribution in [2.45, 2.75) is 77.6 Å². The number of ether oxygens (including phenoxy) is 2. The first-order valence-corrected chi connectivity index (χ1v) is 15.1. The van der Waals surface area contributed by atoms with Crippen molar-refractivity contribution in [2.24, 2.45) is 17.6 Å². The molecule has 1 aliphatic rings. The molecule has 1 aliphatic carbocycles. The van der Waals surface area contributed by atoms with E-state index in [1.807, 2.05) is 62.4 Å². The number of primary amides is 1. The maximum Gasteiger partial charge on any atom is 0.408 e. The minimum atomic E-state index is -1.42. The molecule has 1 heterocycles. The first kappa shape index (κ1) is 32.4. The van der Waals surface area contributed by atoms with Crippen LogP contribution in [0.5, 0.6) is 5.75 Å². The fourth-order valence-electron chi connectivity index (χ4n) is 5.72. The number of hydrogen-bond acceptors (Lipinski definition) is 6. The lowest BCUT2D eigenvalue weighted by atomic mass is 9.78. The molecule has 236 valence electrons. The van der Waals surface area contributed by atoms with E-state index in [1.54, 1.807) is 21.0 Å². The van der Waals surface area contributed by atoms with Gasteiger partial charge in [0.1, 0.15) is 30.0 Å². The van der Waals surface area contributed by atoms with E-state index >= 15 is 0 Å². The molecule has 0 saturated carbocycles. The lowest BCUT2D eigenvalue weighted by Crippen LogP contribution is -2.67. The summed E-state index contributed by atoms with van der Waals surface area (Å²) < 4.78 is 10.9. The van der Waals surface area contributed by atoms with Crippen LogP contribution in [0.25, 0.3) is 10.9 Å². The smallest absolute Gasteiger partial charge is 0.408 e. The van der Waals surface area contributed by atoms with Gasteiger partial charge in [0.2, 0.25) is 17.7 Å². The average molecular weight is 606 g/mol. The van der Waals surface area contributed by atoms with Crippen LogP contribution in [-0.4, -0.2) is 53.5 Å². The van der Waals surface area contributed by atoms with Crippen LogP contribution in [0.2, 0.25) is 0 Å². The molecule has 0 bridgehead atoms. The number of para-hydroxylation sites is 1. The van der Waals surface area contributed by atoms with Gasteiger partial charge in [0.15, 0.2) is 0 Å². The molecule has 11 heteroatoms. The molecule has 1 aromatic heterocycles. The zero-order chi connectivity index (χ0) is 32.0. The summed E-state index contributed by atoms with van der Waals surface area (Å²) in [4.78, 5) is 56.7. The molecule has 4 atom stereocenters. The van der Waals surface area contributed by atoms with E-state index in [4.69, 9.17) is 15.2 Å². The van der Waals surface area contributed by atoms with E-state index in [9.17, 15) is 19.2 Å². The Kier molecular flexibility index (Phi) is 10.2. The minimum absolute atomic E-state index is 0.0460. The number of nitrogens with one attached hydrogen (secondary N) is 4. The molecule has 11 nitrogen and oxygen atoms in total. The number of aromatic amines is 1. The number of carbonyl (C=O) groups is 4. The average Bonchev–Trinajstić information content (AvgIpc) is 3.38. The number of methoxy groups -OCH3 is 1. The predicted molar refractivity (Wildman–Crippen MR) is 167 cm³/mol. The van der Waals surface area contributed by atoms with Gasteiger partial charge in [-0.2, -0.15) is 0 Å². The number of aryl methyl sites for hydroxylation is 1. The zero-order valence-electron chi connectivity index (χ0n) is 26.0. The Morgan fingerprint density at radius 2 is 1.73 bits per heavy atom. The molecule has 0 unspecified atom stereocenters. The normalized spacial score (nSPS) is 18.0. The third-order valence-corrected chi connectivity index (χ3v) is 8.53. The second-order valence-electron chi connectivity index (χ2n) is 11.9. The highest BCUT2D eigenvalue weighted by Gasteiger charge is 2.46. The Morgan fingerprint density at radius 3 is 2.36 bits per heavy atom. The van der Waals surface area contributed by atoms with E-state index in [0.717, 1.165) is 27.7 Å². The molecular formula is C33H43N5O6. The van der Waals surface area contributed by atoms with Gasteiger partial charge in [-0.3, -0.25) is 14.4 Å². The van der Waals surface area contributed by atoms with E-state index in [1.165, 1.54) is 0 Å². The van der Waals surface area contributed by atoms with E-state index in [2.05, 4.69) is 20.9 Å². The summed E-state index contributed by atoms with van der Waals surface area (Å²) in [6, 6.07) is 13.0. The molecule has 0 saturated heterocycles. The Morgan fingerprint density at radius 1 is 1.00 bits per heavy atom. The molecular weight excluding hydrogens is 562 g/mol. The van der Waals surface area contributed by atoms with Crippen molar-refractivity contribution in [3.8, 4) is 5.75 Å². The molecule has 0 radical (unpaired) electrons. The Labute approximate surface area is 257 Å².